The number of aliphatic hydroxyl groups is 1. The Balaban J connectivity index is 1.45. The van der Waals surface area contributed by atoms with Gasteiger partial charge in [-0.05, 0) is 49.1 Å². The number of piperidine rings is 1. The molecule has 1 N–H and O–H groups in total. The molecule has 2 aromatic carbocycles. The second kappa shape index (κ2) is 7.77. The Bertz CT molecular complexity index is 1010. The third-order valence-electron chi connectivity index (χ3n) is 6.93. The molecule has 4 heteroatoms. The van der Waals surface area contributed by atoms with E-state index in [-0.39, 0.29) is 17.9 Å². The van der Waals surface area contributed by atoms with Crippen molar-refractivity contribution < 1.29 is 14.3 Å². The van der Waals surface area contributed by atoms with Crippen LogP contribution < -0.4 is 0 Å². The van der Waals surface area contributed by atoms with Crippen LogP contribution in [0.3, 0.4) is 0 Å². The summed E-state index contributed by atoms with van der Waals surface area (Å²) in [5.41, 5.74) is 1.70. The molecule has 1 aromatic heterocycles. The molecular weight excluding hydrogens is 374 g/mol. The van der Waals surface area contributed by atoms with Crippen LogP contribution in [0.4, 0.5) is 0 Å². The number of hydrogen-bond acceptors (Lipinski definition) is 3. The molecule has 4 nitrogen and oxygen atoms in total. The third-order valence-corrected chi connectivity index (χ3v) is 6.93. The number of hydrogen-bond donors (Lipinski definition) is 1. The number of amides is 1. The predicted molar refractivity (Wildman–Crippen MR) is 116 cm³/mol. The summed E-state index contributed by atoms with van der Waals surface area (Å²) in [4.78, 5) is 15.6. The molecule has 0 bridgehead atoms. The fourth-order valence-electron chi connectivity index (χ4n) is 5.43. The molecule has 1 saturated heterocycles. The third kappa shape index (κ3) is 3.25. The van der Waals surface area contributed by atoms with Crippen LogP contribution in [-0.4, -0.2) is 28.5 Å². The number of fused-ring (bicyclic) bond motifs is 1. The average Bonchev–Trinajstić information content (AvgIpc) is 3.35. The number of benzene rings is 2. The van der Waals surface area contributed by atoms with Crippen molar-refractivity contribution in [1.29, 1.82) is 0 Å². The molecule has 2 aliphatic rings. The van der Waals surface area contributed by atoms with Crippen LogP contribution in [0.15, 0.2) is 77.4 Å². The highest BCUT2D eigenvalue weighted by molar-refractivity contribution is 5.95. The van der Waals surface area contributed by atoms with Crippen LogP contribution in [0, 0.1) is 5.92 Å². The van der Waals surface area contributed by atoms with Crippen LogP contribution in [-0.2, 0) is 5.60 Å². The number of rotatable bonds is 3. The Morgan fingerprint density at radius 2 is 1.83 bits per heavy atom. The minimum Gasteiger partial charge on any atom is -0.464 e. The number of carbonyl (C=O) groups is 1. The van der Waals surface area contributed by atoms with E-state index in [4.69, 9.17) is 4.42 Å². The molecule has 5 rings (SSSR count). The van der Waals surface area contributed by atoms with Crippen molar-refractivity contribution in [1.82, 2.24) is 4.90 Å². The lowest BCUT2D eigenvalue weighted by atomic mass is 9.66. The summed E-state index contributed by atoms with van der Waals surface area (Å²) in [6.07, 6.45) is 6.32. The molecule has 2 fully saturated rings. The van der Waals surface area contributed by atoms with Crippen LogP contribution >= 0.6 is 0 Å². The molecular formula is C26H27NO3. The summed E-state index contributed by atoms with van der Waals surface area (Å²) >= 11 is 0. The second-order valence-corrected chi connectivity index (χ2v) is 8.56. The Kier molecular flexibility index (Phi) is 4.95. The standard InChI is InChI=1S/C26H27NO3/c28-25(20-9-6-8-19(18-20)24-14-7-17-30-24)27-16-15-26(29,21-10-2-1-3-11-21)22-12-4-5-13-23(22)27/h1-3,6-11,14,17-18,22-23,29H,4-5,12-13,15-16H2/t22-,23?,26+/m0/s1. The van der Waals surface area contributed by atoms with Gasteiger partial charge in [0, 0.05) is 29.6 Å². The molecule has 3 aromatic rings. The zero-order valence-electron chi connectivity index (χ0n) is 17.0. The van der Waals surface area contributed by atoms with E-state index in [0.29, 0.717) is 18.5 Å². The average molecular weight is 402 g/mol. The minimum atomic E-state index is -0.862. The van der Waals surface area contributed by atoms with Gasteiger partial charge in [-0.1, -0.05) is 55.3 Å². The van der Waals surface area contributed by atoms with Crippen molar-refractivity contribution in [3.8, 4) is 11.3 Å². The van der Waals surface area contributed by atoms with Crippen molar-refractivity contribution in [2.75, 3.05) is 6.54 Å². The van der Waals surface area contributed by atoms with Gasteiger partial charge < -0.3 is 14.4 Å². The van der Waals surface area contributed by atoms with Gasteiger partial charge in [-0.2, -0.15) is 0 Å². The highest BCUT2D eigenvalue weighted by atomic mass is 16.3. The van der Waals surface area contributed by atoms with Crippen molar-refractivity contribution >= 4 is 5.91 Å². The quantitative estimate of drug-likeness (QED) is 0.653. The molecule has 1 aliphatic heterocycles. The summed E-state index contributed by atoms with van der Waals surface area (Å²) in [5, 5.41) is 11.7. The van der Waals surface area contributed by atoms with Gasteiger partial charge in [0.05, 0.1) is 11.9 Å². The zero-order valence-corrected chi connectivity index (χ0v) is 17.0. The summed E-state index contributed by atoms with van der Waals surface area (Å²) in [5.74, 6) is 0.882. The van der Waals surface area contributed by atoms with Gasteiger partial charge in [0.1, 0.15) is 5.76 Å². The summed E-state index contributed by atoms with van der Waals surface area (Å²) in [7, 11) is 0. The van der Waals surface area contributed by atoms with E-state index < -0.39 is 5.60 Å². The maximum atomic E-state index is 13.5. The van der Waals surface area contributed by atoms with Gasteiger partial charge in [0.25, 0.3) is 5.91 Å². The molecule has 1 aliphatic carbocycles. The van der Waals surface area contributed by atoms with Crippen molar-refractivity contribution in [3.05, 3.63) is 84.1 Å². The van der Waals surface area contributed by atoms with Crippen molar-refractivity contribution in [2.45, 2.75) is 43.7 Å². The molecule has 154 valence electrons. The van der Waals surface area contributed by atoms with Gasteiger partial charge in [-0.25, -0.2) is 0 Å². The van der Waals surface area contributed by atoms with Crippen molar-refractivity contribution in [3.63, 3.8) is 0 Å². The Hall–Kier alpha value is -2.85. The predicted octanol–water partition coefficient (Wildman–Crippen LogP) is 5.24. The molecule has 2 heterocycles. The maximum Gasteiger partial charge on any atom is 0.254 e. The van der Waals surface area contributed by atoms with E-state index in [9.17, 15) is 9.90 Å². The van der Waals surface area contributed by atoms with E-state index in [1.807, 2.05) is 71.6 Å². The number of likely N-dealkylation sites (tertiary alicyclic amines) is 1. The largest absolute Gasteiger partial charge is 0.464 e. The molecule has 0 radical (unpaired) electrons. The smallest absolute Gasteiger partial charge is 0.254 e. The lowest BCUT2D eigenvalue weighted by Crippen LogP contribution is -2.59. The molecule has 30 heavy (non-hydrogen) atoms. The normalized spacial score (nSPS) is 26.2. The highest BCUT2D eigenvalue weighted by Crippen LogP contribution is 2.47. The Morgan fingerprint density at radius 3 is 2.63 bits per heavy atom. The minimum absolute atomic E-state index is 0.0513. The maximum absolute atomic E-state index is 13.5. The SMILES string of the molecule is O=C(c1cccc(-c2ccco2)c1)N1CC[C@@](O)(c2ccccc2)[C@H]2CCCCC21. The van der Waals surface area contributed by atoms with Gasteiger partial charge in [0.15, 0.2) is 0 Å². The first kappa shape index (κ1) is 19.1. The Labute approximate surface area is 177 Å². The first-order valence-electron chi connectivity index (χ1n) is 10.9. The summed E-state index contributed by atoms with van der Waals surface area (Å²) in [6, 6.07) is 21.5. The first-order valence-corrected chi connectivity index (χ1v) is 10.9. The second-order valence-electron chi connectivity index (χ2n) is 8.56. The highest BCUT2D eigenvalue weighted by Gasteiger charge is 2.50. The molecule has 1 amide bonds. The molecule has 1 unspecified atom stereocenters. The fourth-order valence-corrected chi connectivity index (χ4v) is 5.43. The van der Waals surface area contributed by atoms with E-state index in [1.54, 1.807) is 6.26 Å². The van der Waals surface area contributed by atoms with E-state index in [0.717, 1.165) is 42.6 Å². The van der Waals surface area contributed by atoms with Crippen LogP contribution in [0.25, 0.3) is 11.3 Å². The molecule has 0 spiro atoms. The molecule has 3 atom stereocenters. The topological polar surface area (TPSA) is 53.7 Å². The van der Waals surface area contributed by atoms with Gasteiger partial charge in [-0.3, -0.25) is 4.79 Å². The zero-order chi connectivity index (χ0) is 20.6. The number of nitrogens with zero attached hydrogens (tertiary/aromatic N) is 1. The van der Waals surface area contributed by atoms with Gasteiger partial charge in [-0.15, -0.1) is 0 Å². The fraction of sp³-hybridized carbons (Fsp3) is 0.346. The van der Waals surface area contributed by atoms with Gasteiger partial charge >= 0.3 is 0 Å². The number of furan rings is 1. The van der Waals surface area contributed by atoms with Crippen LogP contribution in [0.1, 0.15) is 48.0 Å². The lowest BCUT2D eigenvalue weighted by Gasteiger charge is -2.52. The number of carbonyl (C=O) groups excluding carboxylic acids is 1. The monoisotopic (exact) mass is 401 g/mol. The Morgan fingerprint density at radius 1 is 1.00 bits per heavy atom. The lowest BCUT2D eigenvalue weighted by molar-refractivity contribution is -0.110. The summed E-state index contributed by atoms with van der Waals surface area (Å²) in [6.45, 7) is 0.566. The van der Waals surface area contributed by atoms with Crippen LogP contribution in [0.2, 0.25) is 0 Å². The van der Waals surface area contributed by atoms with E-state index in [1.165, 1.54) is 0 Å². The van der Waals surface area contributed by atoms with E-state index >= 15 is 0 Å². The van der Waals surface area contributed by atoms with Gasteiger partial charge in [0.2, 0.25) is 0 Å². The summed E-state index contributed by atoms with van der Waals surface area (Å²) < 4.78 is 5.50. The molecule has 1 saturated carbocycles. The first-order chi connectivity index (χ1) is 14.7. The van der Waals surface area contributed by atoms with Crippen molar-refractivity contribution in [2.24, 2.45) is 5.92 Å². The van der Waals surface area contributed by atoms with Crippen LogP contribution in [0.5, 0.6) is 0 Å². The van der Waals surface area contributed by atoms with E-state index in [2.05, 4.69) is 0 Å².